The molecule has 1 aromatic rings. The largest absolute Gasteiger partial charge is 0.512 e. The molecule has 0 saturated heterocycles. The molecule has 0 saturated carbocycles. The molecule has 0 amide bonds. The van der Waals surface area contributed by atoms with E-state index < -0.39 is 0 Å². The van der Waals surface area contributed by atoms with Crippen molar-refractivity contribution in [2.24, 2.45) is 0 Å². The molecule has 0 bridgehead atoms. The van der Waals surface area contributed by atoms with Gasteiger partial charge in [-0.1, -0.05) is 6.07 Å². The second kappa shape index (κ2) is 5.08. The number of methoxy groups -OCH3 is 1. The molecule has 0 heterocycles. The monoisotopic (exact) mass is 260 g/mol. The minimum Gasteiger partial charge on any atom is -0.512 e. The molecular formula is C16H20O3. The van der Waals surface area contributed by atoms with Crippen LogP contribution in [-0.2, 0) is 4.79 Å². The van der Waals surface area contributed by atoms with E-state index in [1.807, 2.05) is 13.8 Å². The van der Waals surface area contributed by atoms with Crippen LogP contribution in [0.25, 0.3) is 0 Å². The highest BCUT2D eigenvalue weighted by atomic mass is 16.5. The molecule has 1 unspecified atom stereocenters. The third-order valence-electron chi connectivity index (χ3n) is 3.80. The molecule has 2 rings (SSSR count). The van der Waals surface area contributed by atoms with Crippen LogP contribution in [0.3, 0.4) is 0 Å². The first-order valence-corrected chi connectivity index (χ1v) is 6.51. The van der Waals surface area contributed by atoms with Gasteiger partial charge < -0.3 is 9.84 Å². The molecule has 3 nitrogen and oxygen atoms in total. The number of hydrogen-bond acceptors (Lipinski definition) is 3. The predicted octanol–water partition coefficient (Wildman–Crippen LogP) is 3.51. The van der Waals surface area contributed by atoms with Gasteiger partial charge >= 0.3 is 0 Å². The van der Waals surface area contributed by atoms with Gasteiger partial charge in [-0.25, -0.2) is 0 Å². The standard InChI is InChI=1S/C16H20O3/c1-9-5-10(2)16(19-4)11(3)15(9)12-6-13(17)8-14(18)7-12/h5,8,12,17H,6-7H2,1-4H3. The fourth-order valence-electron chi connectivity index (χ4n) is 3.20. The van der Waals surface area contributed by atoms with Crippen LogP contribution in [0.1, 0.15) is 41.0 Å². The van der Waals surface area contributed by atoms with Crippen LogP contribution in [0.4, 0.5) is 0 Å². The second-order valence-electron chi connectivity index (χ2n) is 5.29. The zero-order chi connectivity index (χ0) is 14.2. The van der Waals surface area contributed by atoms with Gasteiger partial charge in [0.1, 0.15) is 5.75 Å². The Labute approximate surface area is 113 Å². The molecule has 1 atom stereocenters. The lowest BCUT2D eigenvalue weighted by Gasteiger charge is -2.25. The normalized spacial score (nSPS) is 19.3. The van der Waals surface area contributed by atoms with E-state index in [-0.39, 0.29) is 17.5 Å². The molecule has 1 N–H and O–H groups in total. The van der Waals surface area contributed by atoms with Crippen LogP contribution in [0.5, 0.6) is 5.75 Å². The van der Waals surface area contributed by atoms with Gasteiger partial charge in [0.15, 0.2) is 5.78 Å². The summed E-state index contributed by atoms with van der Waals surface area (Å²) in [4.78, 5) is 11.6. The van der Waals surface area contributed by atoms with E-state index in [0.29, 0.717) is 12.8 Å². The topological polar surface area (TPSA) is 46.5 Å². The number of allylic oxidation sites excluding steroid dienone is 2. The predicted molar refractivity (Wildman–Crippen MR) is 74.9 cm³/mol. The summed E-state index contributed by atoms with van der Waals surface area (Å²) in [6.45, 7) is 6.09. The van der Waals surface area contributed by atoms with Crippen LogP contribution in [0.2, 0.25) is 0 Å². The Morgan fingerprint density at radius 2 is 1.89 bits per heavy atom. The number of ether oxygens (including phenoxy) is 1. The van der Waals surface area contributed by atoms with Crippen molar-refractivity contribution in [1.82, 2.24) is 0 Å². The minimum atomic E-state index is -0.00732. The number of carbonyl (C=O) groups is 1. The van der Waals surface area contributed by atoms with Crippen LogP contribution in [0, 0.1) is 20.8 Å². The van der Waals surface area contributed by atoms with E-state index in [9.17, 15) is 9.90 Å². The lowest BCUT2D eigenvalue weighted by atomic mass is 9.81. The SMILES string of the molecule is COc1c(C)cc(C)c(C2CC(=O)C=C(O)C2)c1C. The molecule has 0 fully saturated rings. The molecule has 0 spiro atoms. The maximum absolute atomic E-state index is 11.6. The quantitative estimate of drug-likeness (QED) is 0.885. The maximum Gasteiger partial charge on any atom is 0.159 e. The van der Waals surface area contributed by atoms with Crippen molar-refractivity contribution in [3.05, 3.63) is 40.2 Å². The Morgan fingerprint density at radius 3 is 2.47 bits per heavy atom. The average molecular weight is 260 g/mol. The number of aliphatic hydroxyl groups excluding tert-OH is 1. The number of aliphatic hydroxyl groups is 1. The Kier molecular flexibility index (Phi) is 3.65. The van der Waals surface area contributed by atoms with Gasteiger partial charge in [0.2, 0.25) is 0 Å². The zero-order valence-electron chi connectivity index (χ0n) is 11.9. The van der Waals surface area contributed by atoms with Crippen molar-refractivity contribution in [3.63, 3.8) is 0 Å². The van der Waals surface area contributed by atoms with E-state index in [2.05, 4.69) is 13.0 Å². The molecule has 1 aliphatic carbocycles. The van der Waals surface area contributed by atoms with Crippen LogP contribution < -0.4 is 4.74 Å². The number of hydrogen-bond donors (Lipinski definition) is 1. The molecule has 19 heavy (non-hydrogen) atoms. The molecule has 0 aliphatic heterocycles. The summed E-state index contributed by atoms with van der Waals surface area (Å²) in [5.74, 6) is 1.10. The van der Waals surface area contributed by atoms with Gasteiger partial charge in [-0.05, 0) is 48.9 Å². The first-order valence-electron chi connectivity index (χ1n) is 6.51. The number of benzene rings is 1. The molecule has 1 aliphatic rings. The summed E-state index contributed by atoms with van der Waals surface area (Å²) in [5, 5.41) is 9.68. The number of ketones is 1. The molecule has 102 valence electrons. The average Bonchev–Trinajstić information content (AvgIpc) is 2.27. The summed E-state index contributed by atoms with van der Waals surface area (Å²) in [6, 6.07) is 2.08. The van der Waals surface area contributed by atoms with Crippen molar-refractivity contribution in [2.75, 3.05) is 7.11 Å². The molecular weight excluding hydrogens is 240 g/mol. The second-order valence-corrected chi connectivity index (χ2v) is 5.29. The Morgan fingerprint density at radius 1 is 1.21 bits per heavy atom. The fraction of sp³-hybridized carbons (Fsp3) is 0.438. The summed E-state index contributed by atoms with van der Waals surface area (Å²) >= 11 is 0. The van der Waals surface area contributed by atoms with Crippen LogP contribution >= 0.6 is 0 Å². The first kappa shape index (κ1) is 13.7. The summed E-state index contributed by atoms with van der Waals surface area (Å²) < 4.78 is 5.45. The van der Waals surface area contributed by atoms with E-state index in [0.717, 1.165) is 28.0 Å². The number of carbonyl (C=O) groups excluding carboxylic acids is 1. The van der Waals surface area contributed by atoms with Gasteiger partial charge in [0.05, 0.1) is 12.9 Å². The molecule has 0 radical (unpaired) electrons. The van der Waals surface area contributed by atoms with Gasteiger partial charge in [0, 0.05) is 18.9 Å². The van der Waals surface area contributed by atoms with Crippen molar-refractivity contribution < 1.29 is 14.6 Å². The highest BCUT2D eigenvalue weighted by Crippen LogP contribution is 2.39. The van der Waals surface area contributed by atoms with Crippen molar-refractivity contribution in [2.45, 2.75) is 39.5 Å². The summed E-state index contributed by atoms with van der Waals surface area (Å²) in [5.41, 5.74) is 4.47. The van der Waals surface area contributed by atoms with Gasteiger partial charge in [-0.2, -0.15) is 0 Å². The van der Waals surface area contributed by atoms with Crippen LogP contribution in [-0.4, -0.2) is 18.0 Å². The summed E-state index contributed by atoms with van der Waals surface area (Å²) in [7, 11) is 1.66. The van der Waals surface area contributed by atoms with E-state index in [1.54, 1.807) is 7.11 Å². The van der Waals surface area contributed by atoms with Crippen molar-refractivity contribution >= 4 is 5.78 Å². The third-order valence-corrected chi connectivity index (χ3v) is 3.80. The molecule has 1 aromatic carbocycles. The van der Waals surface area contributed by atoms with Crippen molar-refractivity contribution in [3.8, 4) is 5.75 Å². The summed E-state index contributed by atoms with van der Waals surface area (Å²) in [6.07, 6.45) is 2.32. The fourth-order valence-corrected chi connectivity index (χ4v) is 3.20. The van der Waals surface area contributed by atoms with Gasteiger partial charge in [-0.15, -0.1) is 0 Å². The number of aryl methyl sites for hydroxylation is 2. The highest BCUT2D eigenvalue weighted by Gasteiger charge is 2.26. The van der Waals surface area contributed by atoms with Gasteiger partial charge in [0.25, 0.3) is 0 Å². The molecule has 3 heteroatoms. The third kappa shape index (κ3) is 2.50. The molecule has 0 aromatic heterocycles. The number of rotatable bonds is 2. The van der Waals surface area contributed by atoms with Gasteiger partial charge in [-0.3, -0.25) is 4.79 Å². The lowest BCUT2D eigenvalue weighted by molar-refractivity contribution is -0.115. The van der Waals surface area contributed by atoms with E-state index in [4.69, 9.17) is 4.74 Å². The Balaban J connectivity index is 2.51. The Bertz CT molecular complexity index is 556. The Hall–Kier alpha value is -1.77. The smallest absolute Gasteiger partial charge is 0.159 e. The minimum absolute atomic E-state index is 0.00732. The maximum atomic E-state index is 11.6. The van der Waals surface area contributed by atoms with E-state index >= 15 is 0 Å². The first-order chi connectivity index (χ1) is 8.93. The van der Waals surface area contributed by atoms with E-state index in [1.165, 1.54) is 6.08 Å². The zero-order valence-corrected chi connectivity index (χ0v) is 11.9. The highest BCUT2D eigenvalue weighted by molar-refractivity contribution is 5.91. The van der Waals surface area contributed by atoms with Crippen molar-refractivity contribution in [1.29, 1.82) is 0 Å². The van der Waals surface area contributed by atoms with Crippen LogP contribution in [0.15, 0.2) is 17.9 Å². The lowest BCUT2D eigenvalue weighted by Crippen LogP contribution is -2.15.